The number of imidazole rings is 1. The van der Waals surface area contributed by atoms with Gasteiger partial charge in [-0.2, -0.15) is 5.10 Å². The normalized spacial score (nSPS) is 12.0. The molecule has 0 spiro atoms. The molecule has 222 valence electrons. The Morgan fingerprint density at radius 2 is 1.53 bits per heavy atom. The van der Waals surface area contributed by atoms with Gasteiger partial charge in [-0.05, 0) is 42.3 Å². The van der Waals surface area contributed by atoms with Crippen LogP contribution in [0.15, 0.2) is 116 Å². The van der Waals surface area contributed by atoms with Crippen LogP contribution in [0.4, 0.5) is 5.82 Å². The lowest BCUT2D eigenvalue weighted by Crippen LogP contribution is -2.16. The molecule has 1 amide bonds. The summed E-state index contributed by atoms with van der Waals surface area (Å²) in [4.78, 5) is 22.6. The second-order valence-electron chi connectivity index (χ2n) is 10.9. The van der Waals surface area contributed by atoms with Gasteiger partial charge in [0.25, 0.3) is 5.91 Å². The van der Waals surface area contributed by atoms with Crippen LogP contribution in [-0.2, 0) is 7.05 Å². The molecular weight excluding hydrogens is 603 g/mol. The minimum absolute atomic E-state index is 0.129. The van der Waals surface area contributed by atoms with Gasteiger partial charge in [0.1, 0.15) is 5.69 Å². The summed E-state index contributed by atoms with van der Waals surface area (Å²) >= 11 is 12.7. The number of nitrogens with one attached hydrogen (secondary N) is 2. The first-order valence-electron chi connectivity index (χ1n) is 14.5. The summed E-state index contributed by atoms with van der Waals surface area (Å²) in [7, 11) is 1.83. The Bertz CT molecular complexity index is 2150. The number of rotatable bonds is 7. The Morgan fingerprint density at radius 1 is 0.867 bits per heavy atom. The molecule has 0 aliphatic rings. The minimum Gasteiger partial charge on any atom is -0.350 e. The van der Waals surface area contributed by atoms with Crippen LogP contribution in [0.5, 0.6) is 0 Å². The van der Waals surface area contributed by atoms with E-state index in [1.54, 1.807) is 4.68 Å². The maximum atomic E-state index is 14.3. The topological polar surface area (TPSA) is 80.5 Å². The first kappa shape index (κ1) is 28.6. The number of nitrogens with zero attached hydrogens (tertiary/aromatic N) is 4. The smallest absolute Gasteiger partial charge is 0.274 e. The fourth-order valence-corrected chi connectivity index (χ4v) is 6.08. The number of anilines is 1. The molecule has 45 heavy (non-hydrogen) atoms. The van der Waals surface area contributed by atoms with Gasteiger partial charge < -0.3 is 14.9 Å². The van der Waals surface area contributed by atoms with Crippen molar-refractivity contribution in [3.05, 3.63) is 137 Å². The van der Waals surface area contributed by atoms with E-state index in [4.69, 9.17) is 28.2 Å². The van der Waals surface area contributed by atoms with Gasteiger partial charge >= 0.3 is 0 Å². The molecule has 1 atom stereocenters. The molecule has 3 aromatic heterocycles. The first-order valence-corrected chi connectivity index (χ1v) is 15.2. The molecule has 0 bridgehead atoms. The lowest BCUT2D eigenvalue weighted by molar-refractivity contribution is 0.102. The summed E-state index contributed by atoms with van der Waals surface area (Å²) in [5.74, 6) is 0.127. The highest BCUT2D eigenvalue weighted by atomic mass is 35.5. The number of benzene rings is 4. The summed E-state index contributed by atoms with van der Waals surface area (Å²) in [6.07, 6.45) is 3.73. The first-order chi connectivity index (χ1) is 21.9. The van der Waals surface area contributed by atoms with Gasteiger partial charge in [-0.15, -0.1) is 0 Å². The van der Waals surface area contributed by atoms with Gasteiger partial charge in [0, 0.05) is 50.9 Å². The predicted molar refractivity (Wildman–Crippen MR) is 182 cm³/mol. The van der Waals surface area contributed by atoms with Gasteiger partial charge in [-0.3, -0.25) is 9.48 Å². The number of carbonyl (C=O) groups excluding carboxylic acids is 1. The van der Waals surface area contributed by atoms with Crippen molar-refractivity contribution in [1.29, 1.82) is 0 Å². The van der Waals surface area contributed by atoms with Gasteiger partial charge in [0.05, 0.1) is 23.8 Å². The van der Waals surface area contributed by atoms with Crippen molar-refractivity contribution in [2.45, 2.75) is 13.0 Å². The number of fused-ring (bicyclic) bond motifs is 1. The molecule has 3 heterocycles. The summed E-state index contributed by atoms with van der Waals surface area (Å²) in [6, 6.07) is 33.1. The Balaban J connectivity index is 1.43. The second-order valence-corrected chi connectivity index (χ2v) is 11.8. The lowest BCUT2D eigenvalue weighted by Gasteiger charge is -2.19. The Hall–Kier alpha value is -5.11. The third-order valence-corrected chi connectivity index (χ3v) is 8.47. The number of halogens is 2. The van der Waals surface area contributed by atoms with Gasteiger partial charge in [-0.25, -0.2) is 4.98 Å². The molecule has 1 unspecified atom stereocenters. The molecular formula is C36H28Cl2N6O. The van der Waals surface area contributed by atoms with Crippen molar-refractivity contribution < 1.29 is 4.79 Å². The van der Waals surface area contributed by atoms with E-state index in [1.165, 1.54) is 0 Å². The molecule has 0 saturated heterocycles. The number of hydrogen-bond acceptors (Lipinski definition) is 3. The fourth-order valence-electron chi connectivity index (χ4n) is 5.78. The number of aromatic nitrogens is 5. The third-order valence-electron chi connectivity index (χ3n) is 7.98. The molecule has 0 saturated carbocycles. The Morgan fingerprint density at radius 3 is 2.24 bits per heavy atom. The van der Waals surface area contributed by atoms with E-state index in [0.29, 0.717) is 27.1 Å². The summed E-state index contributed by atoms with van der Waals surface area (Å²) in [6.45, 7) is 2.11. The quantitative estimate of drug-likeness (QED) is 0.184. The van der Waals surface area contributed by atoms with Gasteiger partial charge in [0.2, 0.25) is 0 Å². The molecule has 2 N–H and O–H groups in total. The van der Waals surface area contributed by atoms with E-state index in [0.717, 1.165) is 44.5 Å². The lowest BCUT2D eigenvalue weighted by atomic mass is 9.99. The van der Waals surface area contributed by atoms with E-state index in [9.17, 15) is 4.79 Å². The molecule has 7 rings (SSSR count). The summed E-state index contributed by atoms with van der Waals surface area (Å²) in [5.41, 5.74) is 7.12. The standard InChI is InChI=1S/C36H28Cl2N6O/c1-22(23-13-15-26(37)16-14-23)44-21-39-32(25-11-7-4-8-12-25)34(44)31-28-18-17-27(38)19-30(28)40-33(31)36(45)41-35-29(20-43(2)42-35)24-9-5-3-6-10-24/h3-22,40H,1-2H3,(H,41,42,45). The van der Waals surface area contributed by atoms with Crippen molar-refractivity contribution in [3.8, 4) is 33.6 Å². The van der Waals surface area contributed by atoms with Crippen LogP contribution >= 0.6 is 23.2 Å². The average Bonchev–Trinajstić information content (AvgIpc) is 3.76. The van der Waals surface area contributed by atoms with Crippen LogP contribution in [0.2, 0.25) is 10.0 Å². The average molecular weight is 632 g/mol. The highest BCUT2D eigenvalue weighted by Gasteiger charge is 2.28. The van der Waals surface area contributed by atoms with Gasteiger partial charge in [-0.1, -0.05) is 102 Å². The van der Waals surface area contributed by atoms with Crippen LogP contribution in [0.3, 0.4) is 0 Å². The predicted octanol–water partition coefficient (Wildman–Crippen LogP) is 9.27. The molecule has 4 aromatic carbocycles. The van der Waals surface area contributed by atoms with Crippen LogP contribution in [0, 0.1) is 0 Å². The zero-order chi connectivity index (χ0) is 31.1. The van der Waals surface area contributed by atoms with Crippen molar-refractivity contribution in [2.75, 3.05) is 5.32 Å². The Kier molecular flexibility index (Phi) is 7.49. The van der Waals surface area contributed by atoms with E-state index in [-0.39, 0.29) is 11.9 Å². The van der Waals surface area contributed by atoms with Crippen LogP contribution in [0.25, 0.3) is 44.5 Å². The maximum absolute atomic E-state index is 14.3. The number of carbonyl (C=O) groups is 1. The zero-order valence-electron chi connectivity index (χ0n) is 24.5. The number of hydrogen-bond donors (Lipinski definition) is 2. The van der Waals surface area contributed by atoms with E-state index >= 15 is 0 Å². The molecule has 7 nitrogen and oxygen atoms in total. The number of H-pyrrole nitrogens is 1. The molecule has 0 fully saturated rings. The maximum Gasteiger partial charge on any atom is 0.274 e. The second kappa shape index (κ2) is 11.8. The molecule has 0 radical (unpaired) electrons. The van der Waals surface area contributed by atoms with Crippen molar-refractivity contribution in [3.63, 3.8) is 0 Å². The van der Waals surface area contributed by atoms with Crippen LogP contribution in [0.1, 0.15) is 29.0 Å². The zero-order valence-corrected chi connectivity index (χ0v) is 26.0. The number of amides is 1. The van der Waals surface area contributed by atoms with Crippen molar-refractivity contribution in [2.24, 2.45) is 7.05 Å². The summed E-state index contributed by atoms with van der Waals surface area (Å²) < 4.78 is 3.80. The number of aromatic amines is 1. The molecule has 9 heteroatoms. The molecule has 0 aliphatic heterocycles. The van der Waals surface area contributed by atoms with Gasteiger partial charge in [0.15, 0.2) is 5.82 Å². The van der Waals surface area contributed by atoms with E-state index in [1.807, 2.05) is 123 Å². The largest absolute Gasteiger partial charge is 0.350 e. The van der Waals surface area contributed by atoms with Crippen LogP contribution < -0.4 is 5.32 Å². The molecule has 0 aliphatic carbocycles. The monoisotopic (exact) mass is 630 g/mol. The SMILES string of the molecule is CC(c1ccc(Cl)cc1)n1cnc(-c2ccccc2)c1-c1c(C(=O)Nc2nn(C)cc2-c2ccccc2)[nH]c2cc(Cl)ccc12. The highest BCUT2D eigenvalue weighted by molar-refractivity contribution is 6.31. The minimum atomic E-state index is -0.334. The Labute approximate surface area is 270 Å². The van der Waals surface area contributed by atoms with Crippen molar-refractivity contribution in [1.82, 2.24) is 24.3 Å². The fraction of sp³-hybridized carbons (Fsp3) is 0.0833. The third kappa shape index (κ3) is 5.41. The summed E-state index contributed by atoms with van der Waals surface area (Å²) in [5, 5.41) is 9.75. The highest BCUT2D eigenvalue weighted by Crippen LogP contribution is 2.41. The number of aryl methyl sites for hydroxylation is 1. The molecule has 7 aromatic rings. The van der Waals surface area contributed by atoms with E-state index < -0.39 is 0 Å². The van der Waals surface area contributed by atoms with Crippen LogP contribution in [-0.4, -0.2) is 30.2 Å². The van der Waals surface area contributed by atoms with E-state index in [2.05, 4.69) is 26.9 Å². The van der Waals surface area contributed by atoms with Crippen molar-refractivity contribution >= 4 is 45.8 Å².